The van der Waals surface area contributed by atoms with E-state index in [4.69, 9.17) is 11.6 Å². The van der Waals surface area contributed by atoms with Crippen LogP contribution in [0.15, 0.2) is 18.2 Å². The van der Waals surface area contributed by atoms with Gasteiger partial charge in [-0.2, -0.15) is 0 Å². The minimum Gasteiger partial charge on any atom is -0.372 e. The maximum atomic E-state index is 13.5. The molecule has 3 nitrogen and oxygen atoms in total. The van der Waals surface area contributed by atoms with Crippen molar-refractivity contribution in [2.45, 2.75) is 26.8 Å². The minimum absolute atomic E-state index is 0.155. The van der Waals surface area contributed by atoms with Crippen molar-refractivity contribution in [3.05, 3.63) is 29.0 Å². The van der Waals surface area contributed by atoms with Gasteiger partial charge >= 0.3 is 0 Å². The zero-order valence-corrected chi connectivity index (χ0v) is 11.5. The summed E-state index contributed by atoms with van der Waals surface area (Å²) in [4.78, 5) is 11.7. The summed E-state index contributed by atoms with van der Waals surface area (Å²) in [5.41, 5.74) is 0.270. The number of amides is 1. The number of carbonyl (C=O) groups excluding carboxylic acids is 1. The highest BCUT2D eigenvalue weighted by atomic mass is 35.5. The van der Waals surface area contributed by atoms with E-state index < -0.39 is 11.9 Å². The predicted molar refractivity (Wildman–Crippen MR) is 72.3 cm³/mol. The molecule has 0 fully saturated rings. The average Bonchev–Trinajstić information content (AvgIpc) is 2.29. The van der Waals surface area contributed by atoms with Crippen LogP contribution in [0, 0.1) is 11.7 Å². The maximum absolute atomic E-state index is 13.5. The molecule has 0 aliphatic heterocycles. The van der Waals surface area contributed by atoms with Crippen LogP contribution in [0.2, 0.25) is 5.02 Å². The van der Waals surface area contributed by atoms with Gasteiger partial charge in [-0.25, -0.2) is 4.39 Å². The molecule has 0 radical (unpaired) electrons. The van der Waals surface area contributed by atoms with E-state index in [-0.39, 0.29) is 11.6 Å². The lowest BCUT2D eigenvalue weighted by molar-refractivity contribution is -0.121. The van der Waals surface area contributed by atoms with Crippen molar-refractivity contribution in [3.63, 3.8) is 0 Å². The summed E-state index contributed by atoms with van der Waals surface area (Å²) in [5, 5.41) is 5.93. The molecule has 0 aliphatic rings. The van der Waals surface area contributed by atoms with Crippen LogP contribution in [0.3, 0.4) is 0 Å². The third-order valence-corrected chi connectivity index (χ3v) is 2.62. The molecule has 1 rings (SSSR count). The largest absolute Gasteiger partial charge is 0.372 e. The van der Waals surface area contributed by atoms with Crippen molar-refractivity contribution in [1.82, 2.24) is 5.32 Å². The van der Waals surface area contributed by atoms with E-state index in [1.54, 1.807) is 13.0 Å². The molecule has 0 heterocycles. The number of anilines is 1. The van der Waals surface area contributed by atoms with E-state index in [2.05, 4.69) is 10.6 Å². The standard InChI is InChI=1S/C13H18ClFN2O/c1-8(2)7-16-13(18)9(3)17-12-5-4-10(14)6-11(12)15/h4-6,8-9,17H,7H2,1-3H3,(H,16,18). The molecule has 0 aromatic heterocycles. The first kappa shape index (κ1) is 14.8. The lowest BCUT2D eigenvalue weighted by Gasteiger charge is -2.16. The monoisotopic (exact) mass is 272 g/mol. The molecule has 0 bridgehead atoms. The van der Waals surface area contributed by atoms with E-state index in [0.717, 1.165) is 0 Å². The van der Waals surface area contributed by atoms with Crippen molar-refractivity contribution < 1.29 is 9.18 Å². The summed E-state index contributed by atoms with van der Waals surface area (Å²) in [7, 11) is 0. The van der Waals surface area contributed by atoms with E-state index >= 15 is 0 Å². The van der Waals surface area contributed by atoms with Crippen LogP contribution >= 0.6 is 11.6 Å². The molecule has 1 amide bonds. The highest BCUT2D eigenvalue weighted by Gasteiger charge is 2.14. The predicted octanol–water partition coefficient (Wildman–Crippen LogP) is 3.05. The van der Waals surface area contributed by atoms with Crippen molar-refractivity contribution in [2.75, 3.05) is 11.9 Å². The first-order valence-corrected chi connectivity index (χ1v) is 6.27. The van der Waals surface area contributed by atoms with Gasteiger partial charge in [-0.1, -0.05) is 25.4 Å². The van der Waals surface area contributed by atoms with Gasteiger partial charge in [0.05, 0.1) is 5.69 Å². The fourth-order valence-electron chi connectivity index (χ4n) is 1.36. The van der Waals surface area contributed by atoms with Gasteiger partial charge in [0.1, 0.15) is 11.9 Å². The van der Waals surface area contributed by atoms with E-state index in [0.29, 0.717) is 17.5 Å². The van der Waals surface area contributed by atoms with Crippen LogP contribution in [-0.2, 0) is 4.79 Å². The number of nitrogens with one attached hydrogen (secondary N) is 2. The molecule has 0 saturated heterocycles. The second-order valence-electron chi connectivity index (χ2n) is 4.63. The van der Waals surface area contributed by atoms with Crippen LogP contribution in [0.25, 0.3) is 0 Å². The third-order valence-electron chi connectivity index (χ3n) is 2.38. The Bertz CT molecular complexity index is 423. The molecule has 1 atom stereocenters. The molecule has 18 heavy (non-hydrogen) atoms. The minimum atomic E-state index is -0.501. The van der Waals surface area contributed by atoms with Gasteiger partial charge in [0, 0.05) is 11.6 Å². The van der Waals surface area contributed by atoms with Gasteiger partial charge in [0.15, 0.2) is 0 Å². The Kier molecular flexibility index (Phi) is 5.41. The summed E-state index contributed by atoms with van der Waals surface area (Å²) in [6, 6.07) is 3.80. The van der Waals surface area contributed by atoms with Gasteiger partial charge < -0.3 is 10.6 Å². The van der Waals surface area contributed by atoms with Gasteiger partial charge in [-0.05, 0) is 31.0 Å². The lowest BCUT2D eigenvalue weighted by Crippen LogP contribution is -2.39. The molecule has 0 spiro atoms. The number of hydrogen-bond acceptors (Lipinski definition) is 2. The molecular formula is C13H18ClFN2O. The van der Waals surface area contributed by atoms with E-state index in [1.165, 1.54) is 12.1 Å². The molecular weight excluding hydrogens is 255 g/mol. The van der Waals surface area contributed by atoms with E-state index in [9.17, 15) is 9.18 Å². The van der Waals surface area contributed by atoms with Crippen molar-refractivity contribution in [3.8, 4) is 0 Å². The number of benzene rings is 1. The summed E-state index contributed by atoms with van der Waals surface area (Å²) in [5.74, 6) is -0.238. The van der Waals surface area contributed by atoms with E-state index in [1.807, 2.05) is 13.8 Å². The Morgan fingerprint density at radius 2 is 2.06 bits per heavy atom. The van der Waals surface area contributed by atoms with Crippen LogP contribution in [0.4, 0.5) is 10.1 Å². The second kappa shape index (κ2) is 6.59. The van der Waals surface area contributed by atoms with Crippen molar-refractivity contribution >= 4 is 23.2 Å². The van der Waals surface area contributed by atoms with Crippen LogP contribution in [0.5, 0.6) is 0 Å². The molecule has 1 aromatic rings. The maximum Gasteiger partial charge on any atom is 0.242 e. The lowest BCUT2D eigenvalue weighted by atomic mass is 10.2. The fourth-order valence-corrected chi connectivity index (χ4v) is 1.52. The number of rotatable bonds is 5. The number of halogens is 2. The third kappa shape index (κ3) is 4.53. The smallest absolute Gasteiger partial charge is 0.242 e. The van der Waals surface area contributed by atoms with Crippen LogP contribution in [-0.4, -0.2) is 18.5 Å². The topological polar surface area (TPSA) is 41.1 Å². The van der Waals surface area contributed by atoms with Crippen LogP contribution < -0.4 is 10.6 Å². The van der Waals surface area contributed by atoms with Crippen molar-refractivity contribution in [1.29, 1.82) is 0 Å². The molecule has 0 aliphatic carbocycles. The normalized spacial score (nSPS) is 12.3. The van der Waals surface area contributed by atoms with Crippen molar-refractivity contribution in [2.24, 2.45) is 5.92 Å². The Morgan fingerprint density at radius 1 is 1.39 bits per heavy atom. The quantitative estimate of drug-likeness (QED) is 0.865. The molecule has 5 heteroatoms. The molecule has 0 saturated carbocycles. The fraction of sp³-hybridized carbons (Fsp3) is 0.462. The Morgan fingerprint density at radius 3 is 2.61 bits per heavy atom. The first-order valence-electron chi connectivity index (χ1n) is 5.89. The highest BCUT2D eigenvalue weighted by molar-refractivity contribution is 6.30. The Balaban J connectivity index is 2.58. The summed E-state index contributed by atoms with van der Waals surface area (Å²) in [6.45, 7) is 6.31. The molecule has 1 aromatic carbocycles. The zero-order chi connectivity index (χ0) is 13.7. The zero-order valence-electron chi connectivity index (χ0n) is 10.8. The summed E-state index contributed by atoms with van der Waals surface area (Å²) in [6.07, 6.45) is 0. The SMILES string of the molecule is CC(C)CNC(=O)C(C)Nc1ccc(Cl)cc1F. The van der Waals surface area contributed by atoms with Gasteiger partial charge in [0.25, 0.3) is 0 Å². The van der Waals surface area contributed by atoms with Gasteiger partial charge in [-0.15, -0.1) is 0 Å². The van der Waals surface area contributed by atoms with Gasteiger partial charge in [0.2, 0.25) is 5.91 Å². The first-order chi connectivity index (χ1) is 8.40. The highest BCUT2D eigenvalue weighted by Crippen LogP contribution is 2.19. The summed E-state index contributed by atoms with van der Waals surface area (Å²) >= 11 is 5.65. The molecule has 2 N–H and O–H groups in total. The Labute approximate surface area is 112 Å². The molecule has 100 valence electrons. The second-order valence-corrected chi connectivity index (χ2v) is 5.07. The summed E-state index contributed by atoms with van der Waals surface area (Å²) < 4.78 is 13.5. The van der Waals surface area contributed by atoms with Gasteiger partial charge in [-0.3, -0.25) is 4.79 Å². The number of hydrogen-bond donors (Lipinski definition) is 2. The van der Waals surface area contributed by atoms with Crippen LogP contribution in [0.1, 0.15) is 20.8 Å². The molecule has 1 unspecified atom stereocenters. The average molecular weight is 273 g/mol. The number of carbonyl (C=O) groups is 1. The Hall–Kier alpha value is -1.29.